The highest BCUT2D eigenvalue weighted by Crippen LogP contribution is 2.31. The van der Waals surface area contributed by atoms with Gasteiger partial charge in [-0.3, -0.25) is 9.59 Å². The van der Waals surface area contributed by atoms with Gasteiger partial charge in [-0.1, -0.05) is 54.6 Å². The average Bonchev–Trinajstić information content (AvgIpc) is 3.39. The van der Waals surface area contributed by atoms with Crippen molar-refractivity contribution >= 4 is 39.0 Å². The summed E-state index contributed by atoms with van der Waals surface area (Å²) in [6.45, 7) is 4.24. The standard InChI is InChI=1S/C31H27N3O5S/c1-3-38-24-16-14-23(15-17-24)34-30(36)27-25(28(33-34)31(37)39-4-2)19-40-29(27)32-26(35)18-20-10-12-22(13-11-20)21-8-6-5-7-9-21/h5-17,19H,3-4,18H2,1-2H3,(H,32,35). The van der Waals surface area contributed by atoms with Crippen LogP contribution in [0.2, 0.25) is 0 Å². The third-order valence-corrected chi connectivity index (χ3v) is 7.09. The van der Waals surface area contributed by atoms with E-state index >= 15 is 0 Å². The molecular formula is C31H27N3O5S. The molecule has 2 aromatic heterocycles. The molecular weight excluding hydrogens is 526 g/mol. The lowest BCUT2D eigenvalue weighted by molar-refractivity contribution is -0.115. The van der Waals surface area contributed by atoms with E-state index in [0.717, 1.165) is 21.4 Å². The van der Waals surface area contributed by atoms with E-state index in [9.17, 15) is 14.4 Å². The second kappa shape index (κ2) is 12.0. The quantitative estimate of drug-likeness (QED) is 0.229. The molecule has 0 saturated heterocycles. The van der Waals surface area contributed by atoms with Gasteiger partial charge in [-0.05, 0) is 54.8 Å². The van der Waals surface area contributed by atoms with Crippen molar-refractivity contribution in [1.82, 2.24) is 9.78 Å². The van der Waals surface area contributed by atoms with E-state index in [0.29, 0.717) is 28.4 Å². The van der Waals surface area contributed by atoms with Gasteiger partial charge in [0.2, 0.25) is 5.91 Å². The molecule has 0 fully saturated rings. The number of rotatable bonds is 9. The van der Waals surface area contributed by atoms with Gasteiger partial charge in [0, 0.05) is 10.8 Å². The first-order chi connectivity index (χ1) is 19.5. The fraction of sp³-hybridized carbons (Fsp3) is 0.161. The number of thiophene rings is 1. The van der Waals surface area contributed by atoms with Gasteiger partial charge in [0.25, 0.3) is 5.56 Å². The van der Waals surface area contributed by atoms with Crippen LogP contribution in [0.5, 0.6) is 5.75 Å². The van der Waals surface area contributed by atoms with Crippen LogP contribution in [0.3, 0.4) is 0 Å². The van der Waals surface area contributed by atoms with Crippen molar-refractivity contribution in [2.45, 2.75) is 20.3 Å². The normalized spacial score (nSPS) is 10.8. The number of esters is 1. The number of nitrogens with zero attached hydrogens (tertiary/aromatic N) is 2. The molecule has 1 amide bonds. The lowest BCUT2D eigenvalue weighted by atomic mass is 10.0. The first-order valence-electron chi connectivity index (χ1n) is 12.9. The van der Waals surface area contributed by atoms with E-state index in [1.165, 1.54) is 11.3 Å². The molecule has 5 rings (SSSR count). The first kappa shape index (κ1) is 26.8. The average molecular weight is 554 g/mol. The first-order valence-corrected chi connectivity index (χ1v) is 13.8. The van der Waals surface area contributed by atoms with Crippen LogP contribution in [0, 0.1) is 0 Å². The van der Waals surface area contributed by atoms with Crippen LogP contribution in [0.4, 0.5) is 5.00 Å². The number of carbonyl (C=O) groups excluding carboxylic acids is 2. The molecule has 3 aromatic carbocycles. The topological polar surface area (TPSA) is 99.5 Å². The lowest BCUT2D eigenvalue weighted by Gasteiger charge is -2.11. The summed E-state index contributed by atoms with van der Waals surface area (Å²) in [5, 5.41) is 9.73. The Balaban J connectivity index is 1.46. The zero-order valence-corrected chi connectivity index (χ0v) is 22.9. The largest absolute Gasteiger partial charge is 0.494 e. The molecule has 0 radical (unpaired) electrons. The van der Waals surface area contributed by atoms with Gasteiger partial charge in [-0.25, -0.2) is 4.79 Å². The molecule has 0 unspecified atom stereocenters. The highest BCUT2D eigenvalue weighted by molar-refractivity contribution is 7.16. The molecule has 0 aliphatic heterocycles. The Bertz CT molecular complexity index is 1710. The van der Waals surface area contributed by atoms with Gasteiger partial charge in [0.15, 0.2) is 5.69 Å². The number of hydrogen-bond donors (Lipinski definition) is 1. The van der Waals surface area contributed by atoms with Crippen molar-refractivity contribution in [3.8, 4) is 22.6 Å². The number of aromatic nitrogens is 2. The van der Waals surface area contributed by atoms with Gasteiger partial charge in [0.1, 0.15) is 10.8 Å². The van der Waals surface area contributed by atoms with E-state index in [1.54, 1.807) is 36.6 Å². The number of nitrogens with one attached hydrogen (secondary N) is 1. The minimum absolute atomic E-state index is 0.00131. The van der Waals surface area contributed by atoms with Crippen molar-refractivity contribution in [2.75, 3.05) is 18.5 Å². The summed E-state index contributed by atoms with van der Waals surface area (Å²) in [5.41, 5.74) is 2.97. The maximum Gasteiger partial charge on any atom is 0.359 e. The molecule has 5 aromatic rings. The molecule has 0 bridgehead atoms. The van der Waals surface area contributed by atoms with Crippen LogP contribution < -0.4 is 15.6 Å². The molecule has 2 heterocycles. The molecule has 0 atom stereocenters. The SMILES string of the molecule is CCOC(=O)c1nn(-c2ccc(OCC)cc2)c(=O)c2c(NC(=O)Cc3ccc(-c4ccccc4)cc3)scc12. The van der Waals surface area contributed by atoms with Crippen LogP contribution in [-0.4, -0.2) is 34.9 Å². The Morgan fingerprint density at radius 1 is 0.900 bits per heavy atom. The van der Waals surface area contributed by atoms with E-state index in [-0.39, 0.29) is 30.0 Å². The Hall–Kier alpha value is -4.76. The Morgan fingerprint density at radius 3 is 2.27 bits per heavy atom. The van der Waals surface area contributed by atoms with Crippen LogP contribution in [0.1, 0.15) is 29.9 Å². The molecule has 202 valence electrons. The molecule has 1 N–H and O–H groups in total. The van der Waals surface area contributed by atoms with E-state index in [4.69, 9.17) is 9.47 Å². The van der Waals surface area contributed by atoms with Crippen LogP contribution in [-0.2, 0) is 16.0 Å². The molecule has 9 heteroatoms. The zero-order valence-electron chi connectivity index (χ0n) is 22.0. The fourth-order valence-electron chi connectivity index (χ4n) is 4.32. The molecule has 0 spiro atoms. The monoisotopic (exact) mass is 553 g/mol. The molecule has 0 aliphatic rings. The summed E-state index contributed by atoms with van der Waals surface area (Å²) in [4.78, 5) is 39.5. The summed E-state index contributed by atoms with van der Waals surface area (Å²) < 4.78 is 11.8. The summed E-state index contributed by atoms with van der Waals surface area (Å²) in [6, 6.07) is 24.6. The Labute approximate surface area is 234 Å². The van der Waals surface area contributed by atoms with E-state index < -0.39 is 11.5 Å². The number of carbonyl (C=O) groups is 2. The number of amides is 1. The van der Waals surface area contributed by atoms with E-state index in [1.807, 2.05) is 61.5 Å². The zero-order chi connectivity index (χ0) is 28.1. The van der Waals surface area contributed by atoms with Crippen molar-refractivity contribution in [3.63, 3.8) is 0 Å². The summed E-state index contributed by atoms with van der Waals surface area (Å²) in [6.07, 6.45) is 0.122. The third-order valence-electron chi connectivity index (χ3n) is 6.19. The minimum atomic E-state index is -0.652. The number of benzene rings is 3. The number of hydrogen-bond acceptors (Lipinski definition) is 7. The maximum atomic E-state index is 13.6. The fourth-order valence-corrected chi connectivity index (χ4v) is 5.27. The molecule has 40 heavy (non-hydrogen) atoms. The number of fused-ring (bicyclic) bond motifs is 1. The summed E-state index contributed by atoms with van der Waals surface area (Å²) in [7, 11) is 0. The van der Waals surface area contributed by atoms with Crippen LogP contribution in [0.25, 0.3) is 27.6 Å². The Morgan fingerprint density at radius 2 is 1.60 bits per heavy atom. The van der Waals surface area contributed by atoms with Crippen molar-refractivity contribution in [2.24, 2.45) is 0 Å². The third kappa shape index (κ3) is 5.64. The summed E-state index contributed by atoms with van der Waals surface area (Å²) in [5.74, 6) is -0.287. The second-order valence-electron chi connectivity index (χ2n) is 8.85. The molecule has 0 saturated carbocycles. The van der Waals surface area contributed by atoms with Gasteiger partial charge < -0.3 is 14.8 Å². The highest BCUT2D eigenvalue weighted by atomic mass is 32.1. The van der Waals surface area contributed by atoms with Gasteiger partial charge in [-0.2, -0.15) is 9.78 Å². The van der Waals surface area contributed by atoms with Gasteiger partial charge in [0.05, 0.1) is 30.7 Å². The molecule has 0 aliphatic carbocycles. The van der Waals surface area contributed by atoms with Crippen LogP contribution in [0.15, 0.2) is 89.0 Å². The predicted molar refractivity (Wildman–Crippen MR) is 157 cm³/mol. The Kier molecular flexibility index (Phi) is 8.02. The van der Waals surface area contributed by atoms with E-state index in [2.05, 4.69) is 10.4 Å². The highest BCUT2D eigenvalue weighted by Gasteiger charge is 2.23. The predicted octanol–water partition coefficient (Wildman–Crippen LogP) is 5.87. The lowest BCUT2D eigenvalue weighted by Crippen LogP contribution is -2.25. The summed E-state index contributed by atoms with van der Waals surface area (Å²) >= 11 is 1.17. The van der Waals surface area contributed by atoms with Gasteiger partial charge >= 0.3 is 5.97 Å². The maximum absolute atomic E-state index is 13.6. The number of anilines is 1. The van der Waals surface area contributed by atoms with Crippen LogP contribution >= 0.6 is 11.3 Å². The van der Waals surface area contributed by atoms with Crippen molar-refractivity contribution in [1.29, 1.82) is 0 Å². The second-order valence-corrected chi connectivity index (χ2v) is 9.73. The smallest absolute Gasteiger partial charge is 0.359 e. The number of ether oxygens (including phenoxy) is 2. The minimum Gasteiger partial charge on any atom is -0.494 e. The van der Waals surface area contributed by atoms with Crippen molar-refractivity contribution in [3.05, 3.63) is 106 Å². The van der Waals surface area contributed by atoms with Gasteiger partial charge in [-0.15, -0.1) is 11.3 Å². The van der Waals surface area contributed by atoms with Crippen molar-refractivity contribution < 1.29 is 19.1 Å². The molecule has 8 nitrogen and oxygen atoms in total.